The maximum atomic E-state index is 11.8. The molecule has 0 heterocycles. The molecule has 0 aromatic heterocycles. The molecule has 0 spiro atoms. The Morgan fingerprint density at radius 2 is 2.00 bits per heavy atom. The summed E-state index contributed by atoms with van der Waals surface area (Å²) in [6, 6.07) is 0. The normalized spacial score (nSPS) is 15.7. The highest BCUT2D eigenvalue weighted by atomic mass is 32.2. The van der Waals surface area contributed by atoms with Gasteiger partial charge in [0.1, 0.15) is 0 Å². The minimum Gasteiger partial charge on any atom is -0.380 e. The van der Waals surface area contributed by atoms with Crippen LogP contribution in [0.5, 0.6) is 0 Å². The van der Waals surface area contributed by atoms with Crippen LogP contribution in [0.25, 0.3) is 0 Å². The van der Waals surface area contributed by atoms with Crippen molar-refractivity contribution in [3.63, 3.8) is 0 Å². The first-order valence-corrected chi connectivity index (χ1v) is 10.3. The van der Waals surface area contributed by atoms with E-state index in [0.29, 0.717) is 6.61 Å². The number of rotatable bonds is 14. The molecule has 0 aliphatic rings. The lowest BCUT2D eigenvalue weighted by molar-refractivity contribution is -0.107. The van der Waals surface area contributed by atoms with E-state index in [9.17, 15) is 14.3 Å². The monoisotopic (exact) mass is 368 g/mol. The number of carbonyl (C=O) groups excluding carboxylic acids is 1. The van der Waals surface area contributed by atoms with Crippen molar-refractivity contribution >= 4 is 24.7 Å². The fourth-order valence-corrected chi connectivity index (χ4v) is 2.99. The van der Waals surface area contributed by atoms with Crippen LogP contribution in [0.15, 0.2) is 12.2 Å². The molecular formula is C15H29O6PS. The number of phosphoric acid groups is 1. The van der Waals surface area contributed by atoms with E-state index in [1.54, 1.807) is 6.08 Å². The van der Waals surface area contributed by atoms with Crippen molar-refractivity contribution in [1.82, 2.24) is 0 Å². The second-order valence-electron chi connectivity index (χ2n) is 4.95. The smallest absolute Gasteiger partial charge is 0.380 e. The molecule has 0 saturated carbocycles. The Morgan fingerprint density at radius 1 is 1.26 bits per heavy atom. The topological polar surface area (TPSA) is 82.1 Å². The van der Waals surface area contributed by atoms with E-state index < -0.39 is 7.82 Å². The van der Waals surface area contributed by atoms with Gasteiger partial charge in [-0.1, -0.05) is 50.9 Å². The van der Waals surface area contributed by atoms with E-state index >= 15 is 0 Å². The summed E-state index contributed by atoms with van der Waals surface area (Å²) in [6.07, 6.45) is 8.44. The number of hydrogen-bond donors (Lipinski definition) is 1. The highest BCUT2D eigenvalue weighted by Crippen LogP contribution is 2.42. The minimum atomic E-state index is -4.04. The lowest BCUT2D eigenvalue weighted by Crippen LogP contribution is -2.20. The maximum absolute atomic E-state index is 11.8. The molecule has 136 valence electrons. The summed E-state index contributed by atoms with van der Waals surface area (Å²) >= 11 is 1.04. The Morgan fingerprint density at radius 3 is 2.61 bits per heavy atom. The molecule has 0 aromatic carbocycles. The molecule has 0 radical (unpaired) electrons. The lowest BCUT2D eigenvalue weighted by Gasteiger charge is -2.17. The van der Waals surface area contributed by atoms with Gasteiger partial charge >= 0.3 is 7.82 Å². The first-order chi connectivity index (χ1) is 10.9. The van der Waals surface area contributed by atoms with Crippen LogP contribution in [0.4, 0.5) is 0 Å². The van der Waals surface area contributed by atoms with E-state index in [-0.39, 0.29) is 23.6 Å². The van der Waals surface area contributed by atoms with Gasteiger partial charge in [-0.25, -0.2) is 4.57 Å². The summed E-state index contributed by atoms with van der Waals surface area (Å²) in [5, 5.41) is -0.481. The minimum absolute atomic E-state index is 0.0903. The standard InChI is InChI=1S/C15H29O6PS/c1-4-6-8-9-11-20-12-14(13-21-22(17,18)19-3)23-15(16)10-7-5-2/h7,10,14H,4-6,8-9,11-13H2,1-3H3,(H,17,18)/b10-7+/t14-/m1/s1. The average Bonchev–Trinajstić information content (AvgIpc) is 2.53. The molecule has 6 nitrogen and oxygen atoms in total. The van der Waals surface area contributed by atoms with Gasteiger partial charge < -0.3 is 9.63 Å². The molecule has 1 unspecified atom stereocenters. The first kappa shape index (κ1) is 22.8. The molecule has 23 heavy (non-hydrogen) atoms. The predicted octanol–water partition coefficient (Wildman–Crippen LogP) is 3.94. The van der Waals surface area contributed by atoms with E-state index in [1.165, 1.54) is 12.5 Å². The van der Waals surface area contributed by atoms with Gasteiger partial charge in [0.25, 0.3) is 0 Å². The van der Waals surface area contributed by atoms with Crippen molar-refractivity contribution in [3.05, 3.63) is 12.2 Å². The zero-order chi connectivity index (χ0) is 17.6. The second-order valence-corrected chi connectivity index (χ2v) is 7.82. The number of phosphoric ester groups is 1. The second kappa shape index (κ2) is 14.2. The number of carbonyl (C=O) groups is 1. The van der Waals surface area contributed by atoms with Crippen LogP contribution in [0.2, 0.25) is 0 Å². The Labute approximate surface area is 143 Å². The molecule has 0 fully saturated rings. The van der Waals surface area contributed by atoms with Crippen LogP contribution < -0.4 is 0 Å². The summed E-state index contributed by atoms with van der Waals surface area (Å²) in [5.74, 6) is 0. The Balaban J connectivity index is 4.28. The number of ether oxygens (including phenoxy) is 1. The van der Waals surface area contributed by atoms with Crippen LogP contribution in [0, 0.1) is 0 Å². The molecule has 1 N–H and O–H groups in total. The van der Waals surface area contributed by atoms with Gasteiger partial charge in [0.05, 0.1) is 18.5 Å². The highest BCUT2D eigenvalue weighted by molar-refractivity contribution is 8.14. The molecule has 0 aromatic rings. The van der Waals surface area contributed by atoms with E-state index in [4.69, 9.17) is 9.26 Å². The third kappa shape index (κ3) is 13.9. The van der Waals surface area contributed by atoms with Crippen molar-refractivity contribution in [3.8, 4) is 0 Å². The van der Waals surface area contributed by atoms with Gasteiger partial charge in [-0.15, -0.1) is 0 Å². The van der Waals surface area contributed by atoms with Crippen molar-refractivity contribution in [2.75, 3.05) is 26.9 Å². The lowest BCUT2D eigenvalue weighted by atomic mass is 10.2. The van der Waals surface area contributed by atoms with Crippen molar-refractivity contribution in [1.29, 1.82) is 0 Å². The van der Waals surface area contributed by atoms with Crippen LogP contribution in [0.1, 0.15) is 46.0 Å². The van der Waals surface area contributed by atoms with Crippen LogP contribution >= 0.6 is 19.6 Å². The first-order valence-electron chi connectivity index (χ1n) is 7.93. The van der Waals surface area contributed by atoms with E-state index in [1.807, 2.05) is 6.92 Å². The summed E-state index contributed by atoms with van der Waals surface area (Å²) in [4.78, 5) is 21.1. The summed E-state index contributed by atoms with van der Waals surface area (Å²) in [6.45, 7) is 4.88. The van der Waals surface area contributed by atoms with Gasteiger partial charge in [-0.2, -0.15) is 0 Å². The Bertz CT molecular complexity index is 388. The van der Waals surface area contributed by atoms with Crippen LogP contribution in [-0.4, -0.2) is 42.2 Å². The quantitative estimate of drug-likeness (QED) is 0.282. The van der Waals surface area contributed by atoms with Crippen LogP contribution in [-0.2, 0) is 23.1 Å². The fourth-order valence-electron chi connectivity index (χ4n) is 1.61. The molecule has 0 aliphatic carbocycles. The number of unbranched alkanes of at least 4 members (excludes halogenated alkanes) is 3. The number of allylic oxidation sites excluding steroid dienone is 1. The van der Waals surface area contributed by atoms with Gasteiger partial charge in [-0.05, 0) is 18.9 Å². The molecular weight excluding hydrogens is 339 g/mol. The largest absolute Gasteiger partial charge is 0.471 e. The average molecular weight is 368 g/mol. The van der Waals surface area contributed by atoms with Gasteiger partial charge in [0.15, 0.2) is 0 Å². The van der Waals surface area contributed by atoms with Gasteiger partial charge in [-0.3, -0.25) is 13.8 Å². The van der Waals surface area contributed by atoms with Crippen LogP contribution in [0.3, 0.4) is 0 Å². The zero-order valence-corrected chi connectivity index (χ0v) is 15.9. The fraction of sp³-hybridized carbons (Fsp3) is 0.800. The number of hydrogen-bond acceptors (Lipinski definition) is 6. The molecule has 8 heteroatoms. The van der Waals surface area contributed by atoms with E-state index in [2.05, 4.69) is 11.4 Å². The zero-order valence-electron chi connectivity index (χ0n) is 14.2. The van der Waals surface area contributed by atoms with Crippen molar-refractivity contribution in [2.24, 2.45) is 0 Å². The molecule has 0 amide bonds. The summed E-state index contributed by atoms with van der Waals surface area (Å²) < 4.78 is 26.1. The predicted molar refractivity (Wildman–Crippen MR) is 93.6 cm³/mol. The Hall–Kier alpha value is -0.170. The molecule has 0 rings (SSSR count). The maximum Gasteiger partial charge on any atom is 0.471 e. The van der Waals surface area contributed by atoms with Crippen molar-refractivity contribution in [2.45, 2.75) is 51.2 Å². The SMILES string of the molecule is CC/C=C/C(=O)S[C@H](COCCCCCC)COP(=O)(O)OC. The van der Waals surface area contributed by atoms with Gasteiger partial charge in [0.2, 0.25) is 5.12 Å². The summed E-state index contributed by atoms with van der Waals surface area (Å²) in [5.41, 5.74) is 0. The Kier molecular flexibility index (Phi) is 14.1. The van der Waals surface area contributed by atoms with E-state index in [0.717, 1.165) is 44.6 Å². The molecule has 0 aliphatic heterocycles. The molecule has 0 bridgehead atoms. The van der Waals surface area contributed by atoms with Crippen molar-refractivity contribution < 1.29 is 28.0 Å². The third-order valence-electron chi connectivity index (χ3n) is 2.87. The molecule has 2 atom stereocenters. The van der Waals surface area contributed by atoms with Gasteiger partial charge in [0, 0.05) is 13.7 Å². The third-order valence-corrected chi connectivity index (χ3v) is 4.78. The highest BCUT2D eigenvalue weighted by Gasteiger charge is 2.23. The molecule has 0 saturated heterocycles. The number of thioether (sulfide) groups is 1. The summed E-state index contributed by atoms with van der Waals surface area (Å²) in [7, 11) is -2.94.